The minimum Gasteiger partial charge on any atom is -0.462 e. The Kier molecular flexibility index (Phi) is 4.88. The van der Waals surface area contributed by atoms with E-state index in [2.05, 4.69) is 0 Å². The van der Waals surface area contributed by atoms with Gasteiger partial charge in [-0.2, -0.15) is 0 Å². The van der Waals surface area contributed by atoms with Gasteiger partial charge in [0.25, 0.3) is 0 Å². The number of halogens is 2. The normalized spacial score (nSPS) is 10.2. The maximum Gasteiger partial charge on any atom is 0.338 e. The SMILES string of the molecule is CCOC(=O)c1cccc(Oc2ccc(Cl)c(Cl)c2)c1. The number of carbonyl (C=O) groups is 1. The maximum atomic E-state index is 11.6. The molecule has 0 saturated carbocycles. The summed E-state index contributed by atoms with van der Waals surface area (Å²) in [5, 5.41) is 0.866. The molecular formula is C15H12Cl2O3. The summed E-state index contributed by atoms with van der Waals surface area (Å²) >= 11 is 11.8. The third-order valence-electron chi connectivity index (χ3n) is 2.47. The van der Waals surface area contributed by atoms with E-state index in [1.165, 1.54) is 0 Å². The lowest BCUT2D eigenvalue weighted by Gasteiger charge is -2.08. The number of rotatable bonds is 4. The van der Waals surface area contributed by atoms with Gasteiger partial charge in [-0.3, -0.25) is 0 Å². The van der Waals surface area contributed by atoms with Crippen LogP contribution < -0.4 is 4.74 Å². The van der Waals surface area contributed by atoms with Gasteiger partial charge in [0, 0.05) is 6.07 Å². The Morgan fingerprint density at radius 2 is 1.80 bits per heavy atom. The van der Waals surface area contributed by atoms with Crippen molar-refractivity contribution in [1.82, 2.24) is 0 Å². The van der Waals surface area contributed by atoms with Crippen molar-refractivity contribution in [2.24, 2.45) is 0 Å². The van der Waals surface area contributed by atoms with Crippen LogP contribution in [0.15, 0.2) is 42.5 Å². The van der Waals surface area contributed by atoms with Crippen molar-refractivity contribution in [3.63, 3.8) is 0 Å². The topological polar surface area (TPSA) is 35.5 Å². The summed E-state index contributed by atoms with van der Waals surface area (Å²) < 4.78 is 10.6. The largest absolute Gasteiger partial charge is 0.462 e. The molecule has 3 nitrogen and oxygen atoms in total. The number of benzene rings is 2. The van der Waals surface area contributed by atoms with E-state index in [0.29, 0.717) is 33.7 Å². The lowest BCUT2D eigenvalue weighted by Crippen LogP contribution is -2.04. The first-order valence-electron chi connectivity index (χ1n) is 6.00. The summed E-state index contributed by atoms with van der Waals surface area (Å²) in [6.45, 7) is 2.09. The molecule has 0 radical (unpaired) electrons. The van der Waals surface area contributed by atoms with Crippen LogP contribution in [0, 0.1) is 0 Å². The highest BCUT2D eigenvalue weighted by Gasteiger charge is 2.08. The molecule has 2 aromatic rings. The number of ether oxygens (including phenoxy) is 2. The first-order valence-corrected chi connectivity index (χ1v) is 6.76. The Hall–Kier alpha value is -1.71. The molecule has 20 heavy (non-hydrogen) atoms. The van der Waals surface area contributed by atoms with Crippen molar-refractivity contribution in [3.8, 4) is 11.5 Å². The van der Waals surface area contributed by atoms with E-state index in [9.17, 15) is 4.79 Å². The fraction of sp³-hybridized carbons (Fsp3) is 0.133. The van der Waals surface area contributed by atoms with Gasteiger partial charge in [0.2, 0.25) is 0 Å². The fourth-order valence-corrected chi connectivity index (χ4v) is 1.87. The highest BCUT2D eigenvalue weighted by Crippen LogP contribution is 2.29. The highest BCUT2D eigenvalue weighted by molar-refractivity contribution is 6.42. The Bertz CT molecular complexity index is 626. The average Bonchev–Trinajstić information content (AvgIpc) is 2.43. The van der Waals surface area contributed by atoms with Gasteiger partial charge in [0.15, 0.2) is 0 Å². The van der Waals surface area contributed by atoms with Gasteiger partial charge in [-0.05, 0) is 37.3 Å². The van der Waals surface area contributed by atoms with Crippen LogP contribution in [0.2, 0.25) is 10.0 Å². The number of hydrogen-bond acceptors (Lipinski definition) is 3. The van der Waals surface area contributed by atoms with Gasteiger partial charge in [0.1, 0.15) is 11.5 Å². The molecule has 0 bridgehead atoms. The molecule has 0 aliphatic rings. The fourth-order valence-electron chi connectivity index (χ4n) is 1.58. The van der Waals surface area contributed by atoms with Crippen LogP contribution in [0.5, 0.6) is 11.5 Å². The Morgan fingerprint density at radius 1 is 1.05 bits per heavy atom. The van der Waals surface area contributed by atoms with E-state index >= 15 is 0 Å². The standard InChI is InChI=1S/C15H12Cl2O3/c1-2-19-15(18)10-4-3-5-11(8-10)20-12-6-7-13(16)14(17)9-12/h3-9H,2H2,1H3. The lowest BCUT2D eigenvalue weighted by molar-refractivity contribution is 0.0526. The Labute approximate surface area is 127 Å². The van der Waals surface area contributed by atoms with Gasteiger partial charge >= 0.3 is 5.97 Å². The van der Waals surface area contributed by atoms with Crippen LogP contribution in [0.4, 0.5) is 0 Å². The predicted octanol–water partition coefficient (Wildman–Crippen LogP) is 4.96. The second kappa shape index (κ2) is 6.64. The molecule has 0 unspecified atom stereocenters. The summed E-state index contributed by atoms with van der Waals surface area (Å²) in [5.74, 6) is 0.682. The summed E-state index contributed by atoms with van der Waals surface area (Å²) in [5.41, 5.74) is 0.435. The third kappa shape index (κ3) is 3.65. The monoisotopic (exact) mass is 310 g/mol. The van der Waals surface area contributed by atoms with Gasteiger partial charge < -0.3 is 9.47 Å². The van der Waals surface area contributed by atoms with E-state index in [0.717, 1.165) is 0 Å². The third-order valence-corrected chi connectivity index (χ3v) is 3.21. The molecule has 0 atom stereocenters. The summed E-state index contributed by atoms with van der Waals surface area (Å²) in [6.07, 6.45) is 0. The molecule has 0 aliphatic carbocycles. The van der Waals surface area contributed by atoms with E-state index in [-0.39, 0.29) is 5.97 Å². The summed E-state index contributed by atoms with van der Waals surface area (Å²) in [4.78, 5) is 11.6. The van der Waals surface area contributed by atoms with Crippen LogP contribution in [0.1, 0.15) is 17.3 Å². The number of hydrogen-bond donors (Lipinski definition) is 0. The minimum atomic E-state index is -0.382. The van der Waals surface area contributed by atoms with E-state index in [1.54, 1.807) is 49.4 Å². The molecule has 0 fully saturated rings. The van der Waals surface area contributed by atoms with Crippen LogP contribution in [0.25, 0.3) is 0 Å². The summed E-state index contributed by atoms with van der Waals surface area (Å²) in [6, 6.07) is 11.7. The van der Waals surface area contributed by atoms with Crippen molar-refractivity contribution in [1.29, 1.82) is 0 Å². The number of esters is 1. The molecule has 0 heterocycles. The van der Waals surface area contributed by atoms with Crippen molar-refractivity contribution in [2.75, 3.05) is 6.61 Å². The van der Waals surface area contributed by atoms with E-state index < -0.39 is 0 Å². The second-order valence-corrected chi connectivity index (χ2v) is 4.74. The molecule has 0 N–H and O–H groups in total. The molecule has 5 heteroatoms. The van der Waals surface area contributed by atoms with Crippen LogP contribution >= 0.6 is 23.2 Å². The van der Waals surface area contributed by atoms with Gasteiger partial charge in [-0.25, -0.2) is 4.79 Å². The predicted molar refractivity (Wildman–Crippen MR) is 78.9 cm³/mol. The Balaban J connectivity index is 2.19. The Morgan fingerprint density at radius 3 is 2.50 bits per heavy atom. The highest BCUT2D eigenvalue weighted by atomic mass is 35.5. The molecule has 0 aromatic heterocycles. The molecule has 104 valence electrons. The molecule has 0 aliphatic heterocycles. The zero-order valence-corrected chi connectivity index (χ0v) is 12.2. The maximum absolute atomic E-state index is 11.6. The summed E-state index contributed by atoms with van der Waals surface area (Å²) in [7, 11) is 0. The van der Waals surface area contributed by atoms with E-state index in [4.69, 9.17) is 32.7 Å². The quantitative estimate of drug-likeness (QED) is 0.748. The first kappa shape index (κ1) is 14.7. The molecule has 0 saturated heterocycles. The number of carbonyl (C=O) groups excluding carboxylic acids is 1. The van der Waals surface area contributed by atoms with Crippen molar-refractivity contribution >= 4 is 29.2 Å². The van der Waals surface area contributed by atoms with Crippen molar-refractivity contribution in [2.45, 2.75) is 6.92 Å². The molecular weight excluding hydrogens is 299 g/mol. The van der Waals surface area contributed by atoms with E-state index in [1.807, 2.05) is 0 Å². The minimum absolute atomic E-state index is 0.330. The molecule has 2 rings (SSSR count). The lowest BCUT2D eigenvalue weighted by atomic mass is 10.2. The second-order valence-electron chi connectivity index (χ2n) is 3.93. The smallest absolute Gasteiger partial charge is 0.338 e. The first-order chi connectivity index (χ1) is 9.60. The zero-order valence-electron chi connectivity index (χ0n) is 10.7. The van der Waals surface area contributed by atoms with Crippen LogP contribution in [0.3, 0.4) is 0 Å². The van der Waals surface area contributed by atoms with Crippen LogP contribution in [-0.2, 0) is 4.74 Å². The molecule has 0 spiro atoms. The molecule has 0 amide bonds. The van der Waals surface area contributed by atoms with Crippen LogP contribution in [-0.4, -0.2) is 12.6 Å². The van der Waals surface area contributed by atoms with Crippen molar-refractivity contribution < 1.29 is 14.3 Å². The average molecular weight is 311 g/mol. The van der Waals surface area contributed by atoms with Gasteiger partial charge in [-0.1, -0.05) is 29.3 Å². The zero-order chi connectivity index (χ0) is 14.5. The van der Waals surface area contributed by atoms with Gasteiger partial charge in [0.05, 0.1) is 22.2 Å². The van der Waals surface area contributed by atoms with Crippen molar-refractivity contribution in [3.05, 3.63) is 58.1 Å². The molecule has 2 aromatic carbocycles. The van der Waals surface area contributed by atoms with Gasteiger partial charge in [-0.15, -0.1) is 0 Å².